The summed E-state index contributed by atoms with van der Waals surface area (Å²) in [7, 11) is -7.08. The molecular formula is C39H21F9O3S. The topological polar surface area (TPSA) is 43.4 Å². The molecule has 2 aliphatic rings. The van der Waals surface area contributed by atoms with Gasteiger partial charge in [-0.15, -0.1) is 0 Å². The highest BCUT2D eigenvalue weighted by molar-refractivity contribution is 7.88. The van der Waals surface area contributed by atoms with Gasteiger partial charge in [-0.2, -0.15) is 47.9 Å². The van der Waals surface area contributed by atoms with Gasteiger partial charge in [0.05, 0.1) is 5.41 Å². The average Bonchev–Trinajstić information content (AvgIpc) is 3.57. The number of alkyl halides is 9. The molecule has 0 aromatic heterocycles. The van der Waals surface area contributed by atoms with Gasteiger partial charge in [-0.3, -0.25) is 0 Å². The normalized spacial score (nSPS) is 14.9. The highest BCUT2D eigenvalue weighted by Crippen LogP contribution is 2.63. The van der Waals surface area contributed by atoms with Gasteiger partial charge in [-0.25, -0.2) is 0 Å². The lowest BCUT2D eigenvalue weighted by Crippen LogP contribution is -2.63. The molecule has 0 amide bonds. The molecule has 0 atom stereocenters. The van der Waals surface area contributed by atoms with Crippen molar-refractivity contribution in [3.63, 3.8) is 0 Å². The second kappa shape index (κ2) is 10.9. The molecule has 0 unspecified atom stereocenters. The summed E-state index contributed by atoms with van der Waals surface area (Å²) in [4.78, 5) is 0. The fourth-order valence-electron chi connectivity index (χ4n) is 7.43. The first kappa shape index (κ1) is 33.8. The van der Waals surface area contributed by atoms with E-state index in [0.717, 1.165) is 62.2 Å². The number of hydrogen-bond acceptors (Lipinski definition) is 3. The molecule has 0 N–H and O–H groups in total. The van der Waals surface area contributed by atoms with Crippen LogP contribution in [0.2, 0.25) is 0 Å². The van der Waals surface area contributed by atoms with Crippen molar-refractivity contribution in [2.75, 3.05) is 0 Å². The maximum absolute atomic E-state index is 14.3. The average molecular weight is 741 g/mol. The fraction of sp³-hybridized carbons (Fsp3) is 0.128. The molecule has 0 bridgehead atoms. The lowest BCUT2D eigenvalue weighted by Gasteiger charge is -2.32. The van der Waals surface area contributed by atoms with E-state index in [1.807, 2.05) is 48.5 Å². The number of rotatable bonds is 6. The lowest BCUT2D eigenvalue weighted by molar-refractivity contribution is -0.382. The Morgan fingerprint density at radius 1 is 0.462 bits per heavy atom. The van der Waals surface area contributed by atoms with E-state index < -0.39 is 44.6 Å². The molecule has 0 fully saturated rings. The third-order valence-corrected chi connectivity index (χ3v) is 11.1. The minimum atomic E-state index is -7.40. The predicted molar refractivity (Wildman–Crippen MR) is 176 cm³/mol. The maximum atomic E-state index is 14.3. The first-order valence-electron chi connectivity index (χ1n) is 15.6. The SMILES string of the molecule is O=S(=O)(Oc1ccc2cc(-c3ccc4c(c3)C3(c5ccccc5-c5ccccc53)c3ccccc3-4)ccc2c1)C(F)(F)C(F)(F)C(F)(F)C(F)(F)F. The smallest absolute Gasteiger partial charge is 0.378 e. The molecule has 0 radical (unpaired) electrons. The first-order chi connectivity index (χ1) is 24.4. The Balaban J connectivity index is 1.18. The summed E-state index contributed by atoms with van der Waals surface area (Å²) >= 11 is 0. The second-order valence-corrected chi connectivity index (χ2v) is 14.2. The van der Waals surface area contributed by atoms with Crippen LogP contribution in [0.5, 0.6) is 5.75 Å². The van der Waals surface area contributed by atoms with Gasteiger partial charge in [-0.05, 0) is 90.7 Å². The summed E-state index contributed by atoms with van der Waals surface area (Å²) in [5.74, 6) is -15.8. The lowest BCUT2D eigenvalue weighted by atomic mass is 9.70. The molecule has 8 rings (SSSR count). The monoisotopic (exact) mass is 740 g/mol. The Hall–Kier alpha value is -5.30. The van der Waals surface area contributed by atoms with E-state index in [-0.39, 0.29) is 5.39 Å². The third-order valence-electron chi connectivity index (χ3n) is 9.78. The van der Waals surface area contributed by atoms with Gasteiger partial charge in [0.25, 0.3) is 0 Å². The minimum Gasteiger partial charge on any atom is -0.378 e. The molecule has 52 heavy (non-hydrogen) atoms. The van der Waals surface area contributed by atoms with Crippen molar-refractivity contribution in [1.82, 2.24) is 0 Å². The number of benzene rings is 6. The highest BCUT2D eigenvalue weighted by atomic mass is 32.2. The maximum Gasteiger partial charge on any atom is 0.460 e. The van der Waals surface area contributed by atoms with Crippen LogP contribution >= 0.6 is 0 Å². The van der Waals surface area contributed by atoms with Crippen molar-refractivity contribution in [2.45, 2.75) is 28.7 Å². The van der Waals surface area contributed by atoms with Crippen molar-refractivity contribution in [3.8, 4) is 39.1 Å². The quantitative estimate of drug-likeness (QED) is 0.126. The number of fused-ring (bicyclic) bond motifs is 11. The van der Waals surface area contributed by atoms with Crippen LogP contribution in [0, 0.1) is 0 Å². The molecular weight excluding hydrogens is 719 g/mol. The Morgan fingerprint density at radius 3 is 1.44 bits per heavy atom. The zero-order valence-corrected chi connectivity index (χ0v) is 27.0. The molecule has 264 valence electrons. The van der Waals surface area contributed by atoms with Crippen molar-refractivity contribution in [2.24, 2.45) is 0 Å². The molecule has 13 heteroatoms. The number of hydrogen-bond donors (Lipinski definition) is 0. The molecule has 1 spiro atoms. The van der Waals surface area contributed by atoms with Gasteiger partial charge >= 0.3 is 33.4 Å². The van der Waals surface area contributed by atoms with Gasteiger partial charge in [0.1, 0.15) is 5.75 Å². The van der Waals surface area contributed by atoms with E-state index in [4.69, 9.17) is 0 Å². The van der Waals surface area contributed by atoms with Gasteiger partial charge in [-0.1, -0.05) is 103 Å². The van der Waals surface area contributed by atoms with Gasteiger partial charge < -0.3 is 4.18 Å². The van der Waals surface area contributed by atoms with Crippen molar-refractivity contribution >= 4 is 20.9 Å². The van der Waals surface area contributed by atoms with Crippen molar-refractivity contribution in [1.29, 1.82) is 0 Å². The molecule has 0 heterocycles. The van der Waals surface area contributed by atoms with E-state index >= 15 is 0 Å². The molecule has 6 aromatic rings. The van der Waals surface area contributed by atoms with Crippen LogP contribution in [-0.4, -0.2) is 31.7 Å². The predicted octanol–water partition coefficient (Wildman–Crippen LogP) is 11.0. The summed E-state index contributed by atoms with van der Waals surface area (Å²) in [6.45, 7) is 0. The van der Waals surface area contributed by atoms with E-state index in [2.05, 4.69) is 46.6 Å². The summed E-state index contributed by atoms with van der Waals surface area (Å²) < 4.78 is 149. The van der Waals surface area contributed by atoms with E-state index in [1.165, 1.54) is 12.1 Å². The van der Waals surface area contributed by atoms with Crippen molar-refractivity contribution < 1.29 is 52.1 Å². The van der Waals surface area contributed by atoms with Crippen LogP contribution in [0.3, 0.4) is 0 Å². The van der Waals surface area contributed by atoms with Crippen LogP contribution < -0.4 is 4.18 Å². The largest absolute Gasteiger partial charge is 0.460 e. The van der Waals surface area contributed by atoms with Crippen molar-refractivity contribution in [3.05, 3.63) is 150 Å². The summed E-state index contributed by atoms with van der Waals surface area (Å²) in [5.41, 5.74) is 9.68. The van der Waals surface area contributed by atoms with E-state index in [0.29, 0.717) is 10.9 Å². The zero-order valence-electron chi connectivity index (χ0n) is 26.2. The van der Waals surface area contributed by atoms with Gasteiger partial charge in [0, 0.05) is 0 Å². The Kier molecular flexibility index (Phi) is 7.06. The van der Waals surface area contributed by atoms with E-state index in [1.54, 1.807) is 12.1 Å². The minimum absolute atomic E-state index is 0.163. The van der Waals surface area contributed by atoms with E-state index in [9.17, 15) is 47.9 Å². The van der Waals surface area contributed by atoms with Gasteiger partial charge in [0.2, 0.25) is 0 Å². The summed E-state index contributed by atoms with van der Waals surface area (Å²) in [6, 6.07) is 38.4. The molecule has 0 saturated heterocycles. The molecule has 6 aromatic carbocycles. The van der Waals surface area contributed by atoms with Crippen LogP contribution in [0.4, 0.5) is 39.5 Å². The number of halogens is 9. The Labute approximate surface area is 290 Å². The molecule has 3 nitrogen and oxygen atoms in total. The first-order valence-corrected chi connectivity index (χ1v) is 17.0. The standard InChI is InChI=1S/C39H21F9O3S/c40-36(41,38(44,45)46)37(42,43)39(47,48)52(49,50)51-26-17-15-23-19-22(13-14-24(23)20-26)25-16-18-30-29-9-3-6-12-33(29)35(34(30)21-25)31-10-4-1-7-27(31)28-8-2-5-11-32(28)35/h1-21H. The van der Waals surface area contributed by atoms with Gasteiger partial charge in [0.15, 0.2) is 0 Å². The second-order valence-electron chi connectivity index (χ2n) is 12.6. The third kappa shape index (κ3) is 4.37. The molecule has 0 aliphatic heterocycles. The zero-order chi connectivity index (χ0) is 37.1. The molecule has 2 aliphatic carbocycles. The van der Waals surface area contributed by atoms with Crippen LogP contribution in [-0.2, 0) is 15.5 Å². The summed E-state index contributed by atoms with van der Waals surface area (Å²) in [5, 5.41) is -6.39. The Bertz CT molecular complexity index is 2500. The van der Waals surface area contributed by atoms with Crippen LogP contribution in [0.1, 0.15) is 22.3 Å². The highest BCUT2D eigenvalue weighted by Gasteiger charge is 2.86. The van der Waals surface area contributed by atoms with Crippen LogP contribution in [0.25, 0.3) is 44.2 Å². The summed E-state index contributed by atoms with van der Waals surface area (Å²) in [6.07, 6.45) is -7.19. The molecule has 0 saturated carbocycles. The van der Waals surface area contributed by atoms with Crippen LogP contribution in [0.15, 0.2) is 127 Å². The fourth-order valence-corrected chi connectivity index (χ4v) is 8.33. The Morgan fingerprint density at radius 2 is 0.904 bits per heavy atom.